The van der Waals surface area contributed by atoms with Crippen molar-refractivity contribution in [2.24, 2.45) is 0 Å². The van der Waals surface area contributed by atoms with Gasteiger partial charge in [0.05, 0.1) is 9.62 Å². The van der Waals surface area contributed by atoms with Gasteiger partial charge in [-0.3, -0.25) is 10.1 Å². The smallest absolute Gasteiger partial charge is 0.257 e. The summed E-state index contributed by atoms with van der Waals surface area (Å²) in [7, 11) is 0. The molecule has 0 saturated carbocycles. The van der Waals surface area contributed by atoms with E-state index in [9.17, 15) is 10.1 Å². The molecule has 0 atom stereocenters. The van der Waals surface area contributed by atoms with Crippen molar-refractivity contribution >= 4 is 48.7 Å². The van der Waals surface area contributed by atoms with Gasteiger partial charge in [0.25, 0.3) is 0 Å². The molecule has 3 aromatic rings. The first-order valence-electron chi connectivity index (χ1n) is 4.15. The predicted molar refractivity (Wildman–Crippen MR) is 61.7 cm³/mol. The summed E-state index contributed by atoms with van der Waals surface area (Å²) in [5.41, 5.74) is 0.496. The molecule has 0 radical (unpaired) electrons. The quantitative estimate of drug-likeness (QED) is 0.480. The van der Waals surface area contributed by atoms with Crippen LogP contribution in [0.3, 0.4) is 0 Å². The van der Waals surface area contributed by atoms with Crippen LogP contribution < -0.4 is 0 Å². The van der Waals surface area contributed by atoms with Crippen molar-refractivity contribution in [3.05, 3.63) is 33.1 Å². The van der Waals surface area contributed by atoms with Gasteiger partial charge in [-0.1, -0.05) is 11.3 Å². The van der Waals surface area contributed by atoms with Crippen molar-refractivity contribution in [2.45, 2.75) is 0 Å². The zero-order valence-electron chi connectivity index (χ0n) is 7.34. The molecule has 15 heavy (non-hydrogen) atoms. The summed E-state index contributed by atoms with van der Waals surface area (Å²) in [6.07, 6.45) is 1.70. The van der Waals surface area contributed by atoms with Crippen molar-refractivity contribution in [3.8, 4) is 0 Å². The number of rotatable bonds is 1. The maximum absolute atomic E-state index is 10.7. The highest BCUT2D eigenvalue weighted by atomic mass is 32.1. The van der Waals surface area contributed by atoms with Gasteiger partial charge in [-0.05, 0) is 11.4 Å². The lowest BCUT2D eigenvalue weighted by atomic mass is 10.2. The van der Waals surface area contributed by atoms with E-state index in [1.807, 2.05) is 11.4 Å². The highest BCUT2D eigenvalue weighted by Crippen LogP contribution is 2.36. The standard InChI is InChI=1S/C9H4N2O2S2/c12-11(13)9-8-6(4-15-9)5-1-2-14-7(5)3-10-8/h1-4H. The first-order valence-corrected chi connectivity index (χ1v) is 5.91. The molecule has 0 aromatic carbocycles. The van der Waals surface area contributed by atoms with E-state index in [0.29, 0.717) is 5.52 Å². The Hall–Kier alpha value is -1.53. The molecule has 0 saturated heterocycles. The molecule has 0 unspecified atom stereocenters. The Morgan fingerprint density at radius 1 is 1.33 bits per heavy atom. The van der Waals surface area contributed by atoms with E-state index in [4.69, 9.17) is 0 Å². The lowest BCUT2D eigenvalue weighted by molar-refractivity contribution is -0.378. The second-order valence-corrected chi connectivity index (χ2v) is 4.82. The van der Waals surface area contributed by atoms with E-state index in [1.54, 1.807) is 22.9 Å². The number of hydrogen-bond acceptors (Lipinski definition) is 5. The number of hydrogen-bond donors (Lipinski definition) is 0. The molecular weight excluding hydrogens is 232 g/mol. The molecule has 6 heteroatoms. The maximum Gasteiger partial charge on any atom is 0.350 e. The molecular formula is C9H4N2O2S2. The van der Waals surface area contributed by atoms with Crippen LogP contribution in [-0.4, -0.2) is 9.91 Å². The summed E-state index contributed by atoms with van der Waals surface area (Å²) in [4.78, 5) is 14.5. The number of thiophene rings is 2. The molecule has 4 nitrogen and oxygen atoms in total. The Morgan fingerprint density at radius 3 is 3.00 bits per heavy atom. The first-order chi connectivity index (χ1) is 7.27. The minimum Gasteiger partial charge on any atom is -0.257 e. The fourth-order valence-electron chi connectivity index (χ4n) is 1.55. The Morgan fingerprint density at radius 2 is 2.20 bits per heavy atom. The van der Waals surface area contributed by atoms with Gasteiger partial charge in [0.2, 0.25) is 0 Å². The SMILES string of the molecule is O=[N+]([O-])c1scc2c1ncc1sccc12. The van der Waals surface area contributed by atoms with Crippen molar-refractivity contribution in [1.29, 1.82) is 0 Å². The molecule has 0 N–H and O–H groups in total. The molecule has 3 aromatic heterocycles. The third-order valence-electron chi connectivity index (χ3n) is 2.21. The summed E-state index contributed by atoms with van der Waals surface area (Å²) < 4.78 is 1.06. The minimum atomic E-state index is -0.377. The van der Waals surface area contributed by atoms with Crippen LogP contribution in [0.4, 0.5) is 5.00 Å². The molecule has 0 aliphatic heterocycles. The lowest BCUT2D eigenvalue weighted by Gasteiger charge is -1.91. The molecule has 74 valence electrons. The summed E-state index contributed by atoms with van der Waals surface area (Å²) >= 11 is 2.72. The maximum atomic E-state index is 10.7. The van der Waals surface area contributed by atoms with Gasteiger partial charge in [0.15, 0.2) is 5.52 Å². The lowest BCUT2D eigenvalue weighted by Crippen LogP contribution is -1.85. The van der Waals surface area contributed by atoms with Crippen molar-refractivity contribution in [1.82, 2.24) is 4.98 Å². The molecule has 0 bridgehead atoms. The fraction of sp³-hybridized carbons (Fsp3) is 0. The van der Waals surface area contributed by atoms with Crippen LogP contribution in [-0.2, 0) is 0 Å². The number of nitrogens with zero attached hydrogens (tertiary/aromatic N) is 2. The predicted octanol–water partition coefficient (Wildman–Crippen LogP) is 3.42. The van der Waals surface area contributed by atoms with Gasteiger partial charge in [0.1, 0.15) is 0 Å². The normalized spacial score (nSPS) is 11.2. The van der Waals surface area contributed by atoms with Gasteiger partial charge in [-0.2, -0.15) is 0 Å². The third-order valence-corrected chi connectivity index (χ3v) is 3.98. The second kappa shape index (κ2) is 2.98. The van der Waals surface area contributed by atoms with Crippen molar-refractivity contribution in [3.63, 3.8) is 0 Å². The van der Waals surface area contributed by atoms with Crippen molar-refractivity contribution in [2.75, 3.05) is 0 Å². The molecule has 0 aliphatic rings. The van der Waals surface area contributed by atoms with Crippen LogP contribution in [0.2, 0.25) is 0 Å². The van der Waals surface area contributed by atoms with Gasteiger partial charge in [-0.15, -0.1) is 11.3 Å². The number of pyridine rings is 1. The Balaban J connectivity index is 2.51. The zero-order valence-corrected chi connectivity index (χ0v) is 8.97. The van der Waals surface area contributed by atoms with E-state index in [2.05, 4.69) is 4.98 Å². The Bertz CT molecular complexity index is 671. The fourth-order valence-corrected chi connectivity index (χ4v) is 3.15. The van der Waals surface area contributed by atoms with Gasteiger partial charge < -0.3 is 0 Å². The van der Waals surface area contributed by atoms with Gasteiger partial charge in [-0.25, -0.2) is 4.98 Å². The zero-order chi connectivity index (χ0) is 10.4. The number of fused-ring (bicyclic) bond motifs is 3. The van der Waals surface area contributed by atoms with E-state index in [0.717, 1.165) is 26.8 Å². The molecule has 3 rings (SSSR count). The van der Waals surface area contributed by atoms with Crippen molar-refractivity contribution < 1.29 is 4.92 Å². The van der Waals surface area contributed by atoms with E-state index in [-0.39, 0.29) is 9.92 Å². The highest BCUT2D eigenvalue weighted by Gasteiger charge is 2.17. The molecule has 0 spiro atoms. The summed E-state index contributed by atoms with van der Waals surface area (Å²) in [6.45, 7) is 0. The van der Waals surface area contributed by atoms with Crippen LogP contribution in [0.25, 0.3) is 21.0 Å². The summed E-state index contributed by atoms with van der Waals surface area (Å²) in [6, 6.07) is 1.97. The van der Waals surface area contributed by atoms with E-state index in [1.165, 1.54) is 0 Å². The van der Waals surface area contributed by atoms with E-state index >= 15 is 0 Å². The minimum absolute atomic E-state index is 0.123. The summed E-state index contributed by atoms with van der Waals surface area (Å²) in [5.74, 6) is 0. The van der Waals surface area contributed by atoms with Crippen LogP contribution >= 0.6 is 22.7 Å². The highest BCUT2D eigenvalue weighted by molar-refractivity contribution is 7.18. The summed E-state index contributed by atoms with van der Waals surface area (Å²) in [5, 5.41) is 16.6. The van der Waals surface area contributed by atoms with Crippen LogP contribution in [0.15, 0.2) is 23.0 Å². The second-order valence-electron chi connectivity index (χ2n) is 3.02. The largest absolute Gasteiger partial charge is 0.350 e. The molecule has 0 aliphatic carbocycles. The third kappa shape index (κ3) is 1.15. The van der Waals surface area contributed by atoms with Gasteiger partial charge in [0, 0.05) is 22.3 Å². The van der Waals surface area contributed by atoms with Gasteiger partial charge >= 0.3 is 5.00 Å². The average molecular weight is 236 g/mol. The monoisotopic (exact) mass is 236 g/mol. The van der Waals surface area contributed by atoms with E-state index < -0.39 is 0 Å². The van der Waals surface area contributed by atoms with Crippen LogP contribution in [0.1, 0.15) is 0 Å². The Labute approximate surface area is 91.9 Å². The Kier molecular flexibility index (Phi) is 1.74. The number of nitro groups is 1. The topological polar surface area (TPSA) is 56.0 Å². The van der Waals surface area contributed by atoms with Crippen LogP contribution in [0, 0.1) is 10.1 Å². The van der Waals surface area contributed by atoms with Crippen LogP contribution in [0.5, 0.6) is 0 Å². The molecule has 3 heterocycles. The molecule has 0 amide bonds. The molecule has 0 fully saturated rings. The average Bonchev–Trinajstić information content (AvgIpc) is 2.82. The first kappa shape index (κ1) is 8.75. The number of aromatic nitrogens is 1.